The van der Waals surface area contributed by atoms with Gasteiger partial charge in [0.25, 0.3) is 11.8 Å². The number of likely N-dealkylation sites (tertiary alicyclic amines) is 1. The molecule has 12 heteroatoms. The van der Waals surface area contributed by atoms with Crippen molar-refractivity contribution >= 4 is 17.7 Å². The van der Waals surface area contributed by atoms with Crippen molar-refractivity contribution in [3.05, 3.63) is 64.5 Å². The Morgan fingerprint density at radius 3 is 2.11 bits per heavy atom. The Kier molecular flexibility index (Phi) is 7.19. The van der Waals surface area contributed by atoms with Gasteiger partial charge in [-0.2, -0.15) is 13.2 Å². The van der Waals surface area contributed by atoms with Gasteiger partial charge in [-0.3, -0.25) is 19.4 Å². The summed E-state index contributed by atoms with van der Waals surface area (Å²) in [5, 5.41) is 4.88. The molecule has 4 rings (SSSR count). The van der Waals surface area contributed by atoms with Gasteiger partial charge in [0.2, 0.25) is 5.91 Å². The zero-order chi connectivity index (χ0) is 28.0. The van der Waals surface area contributed by atoms with E-state index in [1.165, 1.54) is 6.92 Å². The molecule has 1 saturated heterocycles. The van der Waals surface area contributed by atoms with Crippen LogP contribution in [0.3, 0.4) is 0 Å². The SMILES string of the molecule is CC1CCC(C)N1C(=O)c1cc(F)c([C@@H](C)NC(=O)C2(NC(=O)c3cncc(C(F)(F)F)c3)CC2)c(F)c1. The van der Waals surface area contributed by atoms with Gasteiger partial charge in [-0.15, -0.1) is 0 Å². The van der Waals surface area contributed by atoms with E-state index in [1.54, 1.807) is 4.90 Å². The van der Waals surface area contributed by atoms with Crippen LogP contribution in [0.1, 0.15) is 84.3 Å². The molecule has 38 heavy (non-hydrogen) atoms. The summed E-state index contributed by atoms with van der Waals surface area (Å²) in [5.74, 6) is -4.17. The van der Waals surface area contributed by atoms with E-state index in [2.05, 4.69) is 15.6 Å². The number of carbonyl (C=O) groups is 3. The molecular formula is C26H27F5N4O3. The second kappa shape index (κ2) is 9.95. The lowest BCUT2D eigenvalue weighted by atomic mass is 10.0. The van der Waals surface area contributed by atoms with Crippen LogP contribution in [0.25, 0.3) is 0 Å². The van der Waals surface area contributed by atoms with Gasteiger partial charge in [-0.05, 0) is 64.7 Å². The number of pyridine rings is 1. The van der Waals surface area contributed by atoms with Crippen molar-refractivity contribution in [2.24, 2.45) is 0 Å². The van der Waals surface area contributed by atoms with E-state index >= 15 is 8.78 Å². The van der Waals surface area contributed by atoms with E-state index < -0.39 is 58.2 Å². The quantitative estimate of drug-likeness (QED) is 0.529. The molecule has 3 atom stereocenters. The van der Waals surface area contributed by atoms with Crippen LogP contribution in [0.2, 0.25) is 0 Å². The molecule has 0 radical (unpaired) electrons. The fraction of sp³-hybridized carbons (Fsp3) is 0.462. The molecule has 2 N–H and O–H groups in total. The minimum Gasteiger partial charge on any atom is -0.347 e. The first kappa shape index (κ1) is 27.5. The van der Waals surface area contributed by atoms with E-state index in [1.807, 2.05) is 13.8 Å². The number of aromatic nitrogens is 1. The molecule has 1 saturated carbocycles. The number of alkyl halides is 3. The van der Waals surface area contributed by atoms with Crippen LogP contribution in [0.5, 0.6) is 0 Å². The predicted octanol–water partition coefficient (Wildman–Crippen LogP) is 4.53. The van der Waals surface area contributed by atoms with Gasteiger partial charge in [0, 0.05) is 35.6 Å². The normalized spacial score (nSPS) is 21.1. The minimum absolute atomic E-state index is 0.0572. The molecule has 7 nitrogen and oxygen atoms in total. The first-order valence-corrected chi connectivity index (χ1v) is 12.2. The van der Waals surface area contributed by atoms with Crippen LogP contribution in [0.4, 0.5) is 22.0 Å². The first-order valence-electron chi connectivity index (χ1n) is 12.2. The fourth-order valence-electron chi connectivity index (χ4n) is 4.82. The molecule has 2 fully saturated rings. The van der Waals surface area contributed by atoms with Crippen molar-refractivity contribution in [1.82, 2.24) is 20.5 Å². The number of amides is 3. The zero-order valence-electron chi connectivity index (χ0n) is 21.0. The largest absolute Gasteiger partial charge is 0.417 e. The second-order valence-corrected chi connectivity index (χ2v) is 10.0. The van der Waals surface area contributed by atoms with Crippen LogP contribution >= 0.6 is 0 Å². The molecule has 3 amide bonds. The van der Waals surface area contributed by atoms with Crippen LogP contribution in [0.15, 0.2) is 30.6 Å². The van der Waals surface area contributed by atoms with Gasteiger partial charge < -0.3 is 15.5 Å². The van der Waals surface area contributed by atoms with Crippen molar-refractivity contribution in [3.8, 4) is 0 Å². The van der Waals surface area contributed by atoms with Gasteiger partial charge in [0.05, 0.1) is 17.2 Å². The number of benzene rings is 1. The molecule has 0 bridgehead atoms. The average Bonchev–Trinajstić information content (AvgIpc) is 3.54. The third-order valence-corrected chi connectivity index (χ3v) is 7.16. The molecule has 204 valence electrons. The highest BCUT2D eigenvalue weighted by Gasteiger charge is 2.52. The fourth-order valence-corrected chi connectivity index (χ4v) is 4.82. The molecule has 2 unspecified atom stereocenters. The first-order chi connectivity index (χ1) is 17.7. The van der Waals surface area contributed by atoms with Gasteiger partial charge >= 0.3 is 6.18 Å². The number of nitrogens with zero attached hydrogens (tertiary/aromatic N) is 2. The van der Waals surface area contributed by atoms with Crippen LogP contribution < -0.4 is 10.6 Å². The van der Waals surface area contributed by atoms with Gasteiger partial charge in [0.1, 0.15) is 17.2 Å². The number of halogens is 5. The van der Waals surface area contributed by atoms with Crippen molar-refractivity contribution in [1.29, 1.82) is 0 Å². The van der Waals surface area contributed by atoms with Gasteiger partial charge in [-0.1, -0.05) is 0 Å². The predicted molar refractivity (Wildman–Crippen MR) is 126 cm³/mol. The number of nitrogens with one attached hydrogen (secondary N) is 2. The average molecular weight is 539 g/mol. The number of rotatable bonds is 6. The Labute approximate surface area is 215 Å². The van der Waals surface area contributed by atoms with Gasteiger partial charge in [-0.25, -0.2) is 8.78 Å². The molecule has 2 aliphatic rings. The molecule has 2 aromatic rings. The summed E-state index contributed by atoms with van der Waals surface area (Å²) in [5.41, 5.74) is -3.52. The van der Waals surface area contributed by atoms with Crippen LogP contribution in [-0.2, 0) is 11.0 Å². The Balaban J connectivity index is 1.46. The number of hydrogen-bond donors (Lipinski definition) is 2. The highest BCUT2D eigenvalue weighted by atomic mass is 19.4. The number of carbonyl (C=O) groups excluding carboxylic acids is 3. The van der Waals surface area contributed by atoms with Crippen LogP contribution in [-0.4, -0.2) is 45.2 Å². The van der Waals surface area contributed by atoms with Crippen molar-refractivity contribution in [2.75, 3.05) is 0 Å². The van der Waals surface area contributed by atoms with E-state index in [0.29, 0.717) is 12.3 Å². The molecular weight excluding hydrogens is 511 g/mol. The third-order valence-electron chi connectivity index (χ3n) is 7.16. The lowest BCUT2D eigenvalue weighted by Gasteiger charge is -2.27. The van der Waals surface area contributed by atoms with Crippen molar-refractivity contribution < 1.29 is 36.3 Å². The molecule has 1 aliphatic heterocycles. The maximum atomic E-state index is 15.0. The molecule has 1 aromatic carbocycles. The highest BCUT2D eigenvalue weighted by molar-refractivity contribution is 6.00. The minimum atomic E-state index is -4.70. The molecule has 1 aromatic heterocycles. The lowest BCUT2D eigenvalue weighted by molar-refractivity contribution is -0.137. The molecule has 0 spiro atoms. The molecule has 2 heterocycles. The Bertz CT molecular complexity index is 1240. The van der Waals surface area contributed by atoms with Crippen LogP contribution in [0, 0.1) is 11.6 Å². The summed E-state index contributed by atoms with van der Waals surface area (Å²) < 4.78 is 68.8. The standard InChI is InChI=1S/C26H27F5N4O3/c1-13-4-5-14(2)35(13)23(37)16-9-19(27)21(20(28)10-16)15(3)33-24(38)25(6-7-25)34-22(36)17-8-18(12-32-11-17)26(29,30)31/h8-15H,4-7H2,1-3H3,(H,33,38)(H,34,36)/t13?,14?,15-/m1/s1. The van der Waals surface area contributed by atoms with E-state index in [0.717, 1.165) is 31.2 Å². The third kappa shape index (κ3) is 5.34. The summed E-state index contributed by atoms with van der Waals surface area (Å²) in [6.07, 6.45) is -1.22. The summed E-state index contributed by atoms with van der Waals surface area (Å²) in [4.78, 5) is 43.4. The summed E-state index contributed by atoms with van der Waals surface area (Å²) in [6, 6.07) is 1.22. The smallest absolute Gasteiger partial charge is 0.347 e. The zero-order valence-corrected chi connectivity index (χ0v) is 21.0. The highest BCUT2D eigenvalue weighted by Crippen LogP contribution is 2.37. The number of hydrogen-bond acceptors (Lipinski definition) is 4. The lowest BCUT2D eigenvalue weighted by Crippen LogP contribution is -2.49. The topological polar surface area (TPSA) is 91.4 Å². The molecule has 1 aliphatic carbocycles. The summed E-state index contributed by atoms with van der Waals surface area (Å²) >= 11 is 0. The van der Waals surface area contributed by atoms with Crippen molar-refractivity contribution in [2.45, 2.75) is 76.3 Å². The van der Waals surface area contributed by atoms with Gasteiger partial charge in [0.15, 0.2) is 0 Å². The van der Waals surface area contributed by atoms with E-state index in [9.17, 15) is 27.6 Å². The van der Waals surface area contributed by atoms with Crippen molar-refractivity contribution in [3.63, 3.8) is 0 Å². The Hall–Kier alpha value is -3.57. The Morgan fingerprint density at radius 2 is 1.58 bits per heavy atom. The van der Waals surface area contributed by atoms with E-state index in [-0.39, 0.29) is 36.1 Å². The second-order valence-electron chi connectivity index (χ2n) is 10.0. The maximum absolute atomic E-state index is 15.0. The summed E-state index contributed by atoms with van der Waals surface area (Å²) in [7, 11) is 0. The monoisotopic (exact) mass is 538 g/mol. The Morgan fingerprint density at radius 1 is 1.00 bits per heavy atom. The van der Waals surface area contributed by atoms with E-state index in [4.69, 9.17) is 0 Å². The maximum Gasteiger partial charge on any atom is 0.417 e. The summed E-state index contributed by atoms with van der Waals surface area (Å²) in [6.45, 7) is 5.09.